The molecule has 0 saturated heterocycles. The monoisotopic (exact) mass is 266 g/mol. The minimum absolute atomic E-state index is 0.00368. The molecule has 18 heavy (non-hydrogen) atoms. The molecule has 0 atom stereocenters. The lowest BCUT2D eigenvalue weighted by Gasteiger charge is -2.13. The van der Waals surface area contributed by atoms with E-state index in [0.717, 1.165) is 18.5 Å². The Morgan fingerprint density at radius 3 is 2.72 bits per heavy atom. The van der Waals surface area contributed by atoms with Gasteiger partial charge in [0.1, 0.15) is 0 Å². The minimum atomic E-state index is -0.0381. The molecular formula is C12H18N4OS. The van der Waals surface area contributed by atoms with Gasteiger partial charge in [0, 0.05) is 16.7 Å². The van der Waals surface area contributed by atoms with Crippen LogP contribution in [0.4, 0.5) is 5.13 Å². The number of carbonyl (C=O) groups excluding carboxylic acids is 1. The molecule has 1 aromatic rings. The average molecular weight is 266 g/mol. The van der Waals surface area contributed by atoms with E-state index in [1.54, 1.807) is 0 Å². The van der Waals surface area contributed by atoms with Crippen molar-refractivity contribution < 1.29 is 4.79 Å². The predicted octanol–water partition coefficient (Wildman–Crippen LogP) is 1.91. The Kier molecular flexibility index (Phi) is 3.38. The summed E-state index contributed by atoms with van der Waals surface area (Å²) >= 11 is 1.43. The number of nitrogens with one attached hydrogen (secondary N) is 1. The van der Waals surface area contributed by atoms with Crippen LogP contribution >= 0.6 is 11.3 Å². The Morgan fingerprint density at radius 1 is 1.56 bits per heavy atom. The molecule has 0 aliphatic heterocycles. The lowest BCUT2D eigenvalue weighted by Crippen LogP contribution is -2.37. The Hall–Kier alpha value is -1.43. The van der Waals surface area contributed by atoms with E-state index in [-0.39, 0.29) is 23.2 Å². The molecule has 1 aliphatic rings. The third-order valence-corrected chi connectivity index (χ3v) is 3.41. The number of thiazole rings is 1. The zero-order valence-corrected chi connectivity index (χ0v) is 11.7. The summed E-state index contributed by atoms with van der Waals surface area (Å²) < 4.78 is 0. The lowest BCUT2D eigenvalue weighted by molar-refractivity contribution is -0.120. The fraction of sp³-hybridized carbons (Fsp3) is 0.583. The van der Waals surface area contributed by atoms with Crippen LogP contribution < -0.4 is 11.1 Å². The van der Waals surface area contributed by atoms with Crippen molar-refractivity contribution in [2.24, 2.45) is 16.6 Å². The second-order valence-corrected chi connectivity index (χ2v) is 6.36. The zero-order valence-electron chi connectivity index (χ0n) is 10.9. The van der Waals surface area contributed by atoms with Crippen LogP contribution in [-0.2, 0) is 10.2 Å². The Labute approximate surface area is 111 Å². The molecule has 1 saturated carbocycles. The number of nitrogens with two attached hydrogens (primary N) is 1. The maximum atomic E-state index is 11.5. The van der Waals surface area contributed by atoms with Crippen LogP contribution in [0, 0.1) is 5.92 Å². The molecule has 6 heteroatoms. The molecule has 3 N–H and O–H groups in total. The highest BCUT2D eigenvalue weighted by Crippen LogP contribution is 2.29. The van der Waals surface area contributed by atoms with Crippen LogP contribution in [0.5, 0.6) is 0 Å². The van der Waals surface area contributed by atoms with Crippen LogP contribution in [0.1, 0.15) is 39.3 Å². The summed E-state index contributed by atoms with van der Waals surface area (Å²) in [5.41, 5.74) is 6.65. The molecule has 0 aromatic carbocycles. The molecular weight excluding hydrogens is 248 g/mol. The van der Waals surface area contributed by atoms with Gasteiger partial charge in [0.15, 0.2) is 0 Å². The number of guanidine groups is 1. The summed E-state index contributed by atoms with van der Waals surface area (Å²) in [6, 6.07) is 0. The highest BCUT2D eigenvalue weighted by molar-refractivity contribution is 7.13. The Bertz CT molecular complexity index is 483. The molecule has 5 nitrogen and oxygen atoms in total. The molecule has 0 radical (unpaired) electrons. The van der Waals surface area contributed by atoms with Crippen molar-refractivity contribution in [3.05, 3.63) is 11.1 Å². The number of rotatable bonds is 2. The number of carbonyl (C=O) groups is 1. The highest BCUT2D eigenvalue weighted by Gasteiger charge is 2.29. The van der Waals surface area contributed by atoms with Gasteiger partial charge in [-0.15, -0.1) is 11.3 Å². The topological polar surface area (TPSA) is 80.4 Å². The quantitative estimate of drug-likeness (QED) is 0.634. The lowest BCUT2D eigenvalue weighted by atomic mass is 9.93. The van der Waals surface area contributed by atoms with Gasteiger partial charge in [0.05, 0.1) is 5.69 Å². The smallest absolute Gasteiger partial charge is 0.229 e. The van der Waals surface area contributed by atoms with E-state index in [9.17, 15) is 4.79 Å². The highest BCUT2D eigenvalue weighted by atomic mass is 32.1. The van der Waals surface area contributed by atoms with Gasteiger partial charge in [0.2, 0.25) is 17.0 Å². The summed E-state index contributed by atoms with van der Waals surface area (Å²) in [5.74, 6) is 0.214. The van der Waals surface area contributed by atoms with Gasteiger partial charge in [0.25, 0.3) is 0 Å². The van der Waals surface area contributed by atoms with Gasteiger partial charge in [-0.1, -0.05) is 20.8 Å². The summed E-state index contributed by atoms with van der Waals surface area (Å²) in [6.45, 7) is 6.27. The van der Waals surface area contributed by atoms with Gasteiger partial charge >= 0.3 is 0 Å². The summed E-state index contributed by atoms with van der Waals surface area (Å²) in [7, 11) is 0. The molecule has 1 heterocycles. The molecule has 0 unspecified atom stereocenters. The number of hydrogen-bond donors (Lipinski definition) is 2. The fourth-order valence-corrected chi connectivity index (χ4v) is 2.29. The summed E-state index contributed by atoms with van der Waals surface area (Å²) in [6.07, 6.45) is 1.90. The number of amides is 1. The van der Waals surface area contributed by atoms with Crippen LogP contribution in [0.25, 0.3) is 0 Å². The number of hydrogen-bond acceptors (Lipinski definition) is 4. The van der Waals surface area contributed by atoms with E-state index in [2.05, 4.69) is 36.1 Å². The SMILES string of the molecule is CC(C)(C)c1csc(N=C(N)NC(=O)C2CC2)n1. The van der Waals surface area contributed by atoms with Crippen LogP contribution in [0.15, 0.2) is 10.4 Å². The largest absolute Gasteiger partial charge is 0.369 e. The van der Waals surface area contributed by atoms with E-state index in [1.165, 1.54) is 11.3 Å². The van der Waals surface area contributed by atoms with E-state index in [1.807, 2.05) is 5.38 Å². The molecule has 1 fully saturated rings. The van der Waals surface area contributed by atoms with Crippen LogP contribution in [-0.4, -0.2) is 16.9 Å². The first-order valence-corrected chi connectivity index (χ1v) is 6.85. The van der Waals surface area contributed by atoms with Gasteiger partial charge in [-0.25, -0.2) is 4.98 Å². The van der Waals surface area contributed by atoms with E-state index in [4.69, 9.17) is 5.73 Å². The van der Waals surface area contributed by atoms with Crippen molar-refractivity contribution in [1.29, 1.82) is 0 Å². The van der Waals surface area contributed by atoms with Crippen LogP contribution in [0.2, 0.25) is 0 Å². The van der Waals surface area contributed by atoms with Crippen molar-refractivity contribution in [2.45, 2.75) is 39.0 Å². The molecule has 0 spiro atoms. The number of aromatic nitrogens is 1. The van der Waals surface area contributed by atoms with E-state index in [0.29, 0.717) is 5.13 Å². The van der Waals surface area contributed by atoms with Crippen molar-refractivity contribution >= 4 is 28.3 Å². The molecule has 98 valence electrons. The number of aliphatic imine (C=N–C) groups is 1. The average Bonchev–Trinajstić information content (AvgIpc) is 2.98. The second kappa shape index (κ2) is 4.68. The van der Waals surface area contributed by atoms with E-state index < -0.39 is 0 Å². The van der Waals surface area contributed by atoms with Gasteiger partial charge in [-0.2, -0.15) is 4.99 Å². The Balaban J connectivity index is 2.02. The van der Waals surface area contributed by atoms with Crippen LogP contribution in [0.3, 0.4) is 0 Å². The molecule has 1 amide bonds. The van der Waals surface area contributed by atoms with Gasteiger partial charge in [-0.3, -0.25) is 10.1 Å². The standard InChI is InChI=1S/C12H18N4OS/c1-12(2,3)8-6-18-11(14-8)16-10(13)15-9(17)7-4-5-7/h6-7H,4-5H2,1-3H3,(H3,13,14,15,16,17). The van der Waals surface area contributed by atoms with Gasteiger partial charge < -0.3 is 5.73 Å². The van der Waals surface area contributed by atoms with Crippen molar-refractivity contribution in [3.63, 3.8) is 0 Å². The maximum absolute atomic E-state index is 11.5. The van der Waals surface area contributed by atoms with Crippen molar-refractivity contribution in [2.75, 3.05) is 0 Å². The summed E-state index contributed by atoms with van der Waals surface area (Å²) in [5, 5.41) is 5.14. The van der Waals surface area contributed by atoms with Crippen molar-refractivity contribution in [3.8, 4) is 0 Å². The van der Waals surface area contributed by atoms with Crippen molar-refractivity contribution in [1.82, 2.24) is 10.3 Å². The normalized spacial score (nSPS) is 16.7. The zero-order chi connectivity index (χ0) is 13.3. The van der Waals surface area contributed by atoms with E-state index >= 15 is 0 Å². The first kappa shape index (κ1) is 13.0. The molecule has 0 bridgehead atoms. The minimum Gasteiger partial charge on any atom is -0.369 e. The number of nitrogens with zero attached hydrogens (tertiary/aromatic N) is 2. The first-order valence-electron chi connectivity index (χ1n) is 5.97. The second-order valence-electron chi connectivity index (χ2n) is 5.53. The molecule has 1 aliphatic carbocycles. The Morgan fingerprint density at radius 2 is 2.22 bits per heavy atom. The maximum Gasteiger partial charge on any atom is 0.229 e. The van der Waals surface area contributed by atoms with Gasteiger partial charge in [-0.05, 0) is 12.8 Å². The first-order chi connectivity index (χ1) is 8.36. The third-order valence-electron chi connectivity index (χ3n) is 2.68. The summed E-state index contributed by atoms with van der Waals surface area (Å²) in [4.78, 5) is 20.0. The predicted molar refractivity (Wildman–Crippen MR) is 73.0 cm³/mol. The third kappa shape index (κ3) is 3.29. The fourth-order valence-electron chi connectivity index (χ4n) is 1.36. The molecule has 1 aromatic heterocycles. The molecule has 2 rings (SSSR count).